The monoisotopic (exact) mass is 274 g/mol. The van der Waals surface area contributed by atoms with Crippen LogP contribution in [0.25, 0.3) is 0 Å². The van der Waals surface area contributed by atoms with Crippen molar-refractivity contribution in [2.24, 2.45) is 5.92 Å². The molecule has 2 aliphatic rings. The van der Waals surface area contributed by atoms with Gasteiger partial charge in [-0.15, -0.1) is 0 Å². The third-order valence-electron chi connectivity index (χ3n) is 4.47. The van der Waals surface area contributed by atoms with Gasteiger partial charge in [0.15, 0.2) is 0 Å². The molecule has 2 atom stereocenters. The van der Waals surface area contributed by atoms with Gasteiger partial charge in [0.2, 0.25) is 0 Å². The zero-order valence-electron chi connectivity index (χ0n) is 12.0. The lowest BCUT2D eigenvalue weighted by molar-refractivity contribution is 0.0780. The molecule has 0 aromatic heterocycles. The quantitative estimate of drug-likeness (QED) is 0.895. The minimum Gasteiger partial charge on any atom is -0.496 e. The molecule has 4 heteroatoms. The second kappa shape index (κ2) is 5.83. The molecule has 2 heterocycles. The first-order valence-corrected chi connectivity index (χ1v) is 7.45. The van der Waals surface area contributed by atoms with Crippen molar-refractivity contribution in [1.29, 1.82) is 0 Å². The topological polar surface area (TPSA) is 41.6 Å². The van der Waals surface area contributed by atoms with Crippen molar-refractivity contribution in [3.05, 3.63) is 29.8 Å². The average Bonchev–Trinajstić information content (AvgIpc) is 2.77. The highest BCUT2D eigenvalue weighted by molar-refractivity contribution is 5.97. The Kier molecular flexibility index (Phi) is 3.92. The summed E-state index contributed by atoms with van der Waals surface area (Å²) in [6.45, 7) is 2.77. The summed E-state index contributed by atoms with van der Waals surface area (Å²) in [5, 5.41) is 3.58. The molecular weight excluding hydrogens is 252 g/mol. The molecule has 2 saturated heterocycles. The van der Waals surface area contributed by atoms with Gasteiger partial charge >= 0.3 is 0 Å². The molecule has 1 amide bonds. The number of fused-ring (bicyclic) bond motifs is 1. The summed E-state index contributed by atoms with van der Waals surface area (Å²) in [5.41, 5.74) is 0.673. The maximum atomic E-state index is 12.7. The first-order valence-electron chi connectivity index (χ1n) is 7.45. The number of likely N-dealkylation sites (tertiary alicyclic amines) is 1. The predicted molar refractivity (Wildman–Crippen MR) is 78.0 cm³/mol. The van der Waals surface area contributed by atoms with Gasteiger partial charge in [-0.25, -0.2) is 0 Å². The van der Waals surface area contributed by atoms with E-state index < -0.39 is 0 Å². The largest absolute Gasteiger partial charge is 0.496 e. The van der Waals surface area contributed by atoms with Crippen molar-refractivity contribution >= 4 is 5.91 Å². The van der Waals surface area contributed by atoms with Gasteiger partial charge in [-0.1, -0.05) is 18.6 Å². The van der Waals surface area contributed by atoms with Crippen LogP contribution in [0.4, 0.5) is 0 Å². The van der Waals surface area contributed by atoms with E-state index in [1.165, 1.54) is 19.3 Å². The van der Waals surface area contributed by atoms with Crippen molar-refractivity contribution in [3.63, 3.8) is 0 Å². The van der Waals surface area contributed by atoms with Gasteiger partial charge in [-0.2, -0.15) is 0 Å². The Morgan fingerprint density at radius 2 is 2.15 bits per heavy atom. The summed E-state index contributed by atoms with van der Waals surface area (Å²) in [7, 11) is 1.61. The van der Waals surface area contributed by atoms with E-state index in [0.29, 0.717) is 23.3 Å². The van der Waals surface area contributed by atoms with Crippen molar-refractivity contribution in [2.45, 2.75) is 25.3 Å². The second-order valence-electron chi connectivity index (χ2n) is 5.73. The van der Waals surface area contributed by atoms with E-state index in [0.717, 1.165) is 19.6 Å². The third-order valence-corrected chi connectivity index (χ3v) is 4.47. The fourth-order valence-electron chi connectivity index (χ4n) is 3.37. The molecule has 2 aliphatic heterocycles. The summed E-state index contributed by atoms with van der Waals surface area (Å²) < 4.78 is 5.30. The van der Waals surface area contributed by atoms with E-state index in [2.05, 4.69) is 5.32 Å². The molecule has 1 aromatic rings. The normalized spacial score (nSPS) is 25.9. The van der Waals surface area contributed by atoms with Crippen LogP contribution in [-0.4, -0.2) is 43.6 Å². The van der Waals surface area contributed by atoms with Crippen molar-refractivity contribution in [2.75, 3.05) is 26.7 Å². The molecule has 1 aromatic carbocycles. The van der Waals surface area contributed by atoms with Crippen LogP contribution < -0.4 is 10.1 Å². The Labute approximate surface area is 120 Å². The van der Waals surface area contributed by atoms with Crippen molar-refractivity contribution in [3.8, 4) is 5.75 Å². The maximum Gasteiger partial charge on any atom is 0.257 e. The van der Waals surface area contributed by atoms with Crippen LogP contribution >= 0.6 is 0 Å². The number of nitrogens with one attached hydrogen (secondary N) is 1. The molecular formula is C16H22N2O2. The fraction of sp³-hybridized carbons (Fsp3) is 0.562. The highest BCUT2D eigenvalue weighted by Gasteiger charge is 2.36. The number of para-hydroxylation sites is 1. The molecule has 0 aliphatic carbocycles. The summed E-state index contributed by atoms with van der Waals surface area (Å²) in [5.74, 6) is 1.37. The van der Waals surface area contributed by atoms with Gasteiger partial charge < -0.3 is 15.0 Å². The van der Waals surface area contributed by atoms with Crippen LogP contribution in [0.5, 0.6) is 5.75 Å². The summed E-state index contributed by atoms with van der Waals surface area (Å²) >= 11 is 0. The minimum absolute atomic E-state index is 0.0947. The van der Waals surface area contributed by atoms with Crippen LogP contribution in [0.3, 0.4) is 0 Å². The molecule has 0 radical (unpaired) electrons. The Balaban J connectivity index is 1.75. The van der Waals surface area contributed by atoms with E-state index >= 15 is 0 Å². The number of carbonyl (C=O) groups is 1. The molecule has 0 saturated carbocycles. The molecule has 20 heavy (non-hydrogen) atoms. The third kappa shape index (κ3) is 2.52. The van der Waals surface area contributed by atoms with Gasteiger partial charge in [0.1, 0.15) is 5.75 Å². The van der Waals surface area contributed by atoms with Crippen LogP contribution in [-0.2, 0) is 0 Å². The van der Waals surface area contributed by atoms with Gasteiger partial charge in [0.05, 0.1) is 12.7 Å². The number of amides is 1. The predicted octanol–water partition coefficient (Wildman–Crippen LogP) is 1.91. The van der Waals surface area contributed by atoms with E-state index in [4.69, 9.17) is 4.74 Å². The summed E-state index contributed by atoms with van der Waals surface area (Å²) in [6.07, 6.45) is 3.76. The second-order valence-corrected chi connectivity index (χ2v) is 5.73. The van der Waals surface area contributed by atoms with E-state index in [-0.39, 0.29) is 5.91 Å². The minimum atomic E-state index is 0.0947. The zero-order chi connectivity index (χ0) is 13.9. The van der Waals surface area contributed by atoms with Gasteiger partial charge in [0, 0.05) is 19.1 Å². The molecule has 0 spiro atoms. The molecule has 1 N–H and O–H groups in total. The molecule has 0 unspecified atom stereocenters. The lowest BCUT2D eigenvalue weighted by Gasteiger charge is -2.18. The number of carbonyl (C=O) groups excluding carboxylic acids is 1. The van der Waals surface area contributed by atoms with Gasteiger partial charge in [-0.3, -0.25) is 4.79 Å². The van der Waals surface area contributed by atoms with Gasteiger partial charge in [0.25, 0.3) is 5.91 Å². The standard InChI is InChI=1S/C16H22N2O2/c1-20-15-8-3-2-7-13(15)16(19)18-10-12-6-4-5-9-17-14(12)11-18/h2-3,7-8,12,14,17H,4-6,9-11H2,1H3/t12-,14+/m0/s1. The van der Waals surface area contributed by atoms with Crippen LogP contribution in [0.15, 0.2) is 24.3 Å². The smallest absolute Gasteiger partial charge is 0.257 e. The zero-order valence-corrected chi connectivity index (χ0v) is 12.0. The lowest BCUT2D eigenvalue weighted by atomic mass is 9.99. The molecule has 108 valence electrons. The number of hydrogen-bond donors (Lipinski definition) is 1. The first kappa shape index (κ1) is 13.4. The number of methoxy groups -OCH3 is 1. The average molecular weight is 274 g/mol. The number of hydrogen-bond acceptors (Lipinski definition) is 3. The Morgan fingerprint density at radius 1 is 1.30 bits per heavy atom. The van der Waals surface area contributed by atoms with Crippen LogP contribution in [0.1, 0.15) is 29.6 Å². The van der Waals surface area contributed by atoms with E-state index in [9.17, 15) is 4.79 Å². The maximum absolute atomic E-state index is 12.7. The first-order chi connectivity index (χ1) is 9.79. The molecule has 4 nitrogen and oxygen atoms in total. The highest BCUT2D eigenvalue weighted by Crippen LogP contribution is 2.28. The van der Waals surface area contributed by atoms with E-state index in [1.807, 2.05) is 29.2 Å². The van der Waals surface area contributed by atoms with Crippen LogP contribution in [0, 0.1) is 5.92 Å². The fourth-order valence-corrected chi connectivity index (χ4v) is 3.37. The Hall–Kier alpha value is -1.55. The Bertz CT molecular complexity index is 475. The molecule has 0 bridgehead atoms. The SMILES string of the molecule is COc1ccccc1C(=O)N1C[C@@H]2CCCCN[C@@H]2C1. The molecule has 2 fully saturated rings. The van der Waals surface area contributed by atoms with E-state index in [1.54, 1.807) is 7.11 Å². The number of benzene rings is 1. The Morgan fingerprint density at radius 3 is 3.00 bits per heavy atom. The number of rotatable bonds is 2. The highest BCUT2D eigenvalue weighted by atomic mass is 16.5. The summed E-state index contributed by atoms with van der Waals surface area (Å²) in [4.78, 5) is 14.7. The van der Waals surface area contributed by atoms with Crippen LogP contribution in [0.2, 0.25) is 0 Å². The molecule has 3 rings (SSSR count). The lowest BCUT2D eigenvalue weighted by Crippen LogP contribution is -2.36. The number of ether oxygens (including phenoxy) is 1. The number of nitrogens with zero attached hydrogens (tertiary/aromatic N) is 1. The summed E-state index contributed by atoms with van der Waals surface area (Å²) in [6, 6.07) is 7.95. The van der Waals surface area contributed by atoms with Crippen molar-refractivity contribution < 1.29 is 9.53 Å². The van der Waals surface area contributed by atoms with Gasteiger partial charge in [-0.05, 0) is 37.4 Å². The van der Waals surface area contributed by atoms with Crippen molar-refractivity contribution in [1.82, 2.24) is 10.2 Å².